The highest BCUT2D eigenvalue weighted by atomic mass is 79.9. The fraction of sp³-hybridized carbons (Fsp3) is 0.0769. The molecule has 0 bridgehead atoms. The van der Waals surface area contributed by atoms with E-state index in [9.17, 15) is 13.2 Å². The lowest BCUT2D eigenvalue weighted by Crippen LogP contribution is -2.08. The summed E-state index contributed by atoms with van der Waals surface area (Å²) in [5.74, 6) is -0.221. The molecule has 0 fully saturated rings. The SMILES string of the molecule is Nc1ccc(Oc2ccc(Br)cc2Cl)c(C(F)(F)F)c1. The number of ether oxygens (including phenoxy) is 1. The van der Waals surface area contributed by atoms with Gasteiger partial charge in [0.25, 0.3) is 0 Å². The third kappa shape index (κ3) is 3.37. The molecule has 0 aromatic heterocycles. The number of benzene rings is 2. The zero-order chi connectivity index (χ0) is 14.9. The van der Waals surface area contributed by atoms with E-state index in [1.54, 1.807) is 6.07 Å². The van der Waals surface area contributed by atoms with Crippen LogP contribution in [0.5, 0.6) is 11.5 Å². The smallest absolute Gasteiger partial charge is 0.420 e. The largest absolute Gasteiger partial charge is 0.455 e. The van der Waals surface area contributed by atoms with Crippen LogP contribution in [0.25, 0.3) is 0 Å². The molecular weight excluding hydrogens is 358 g/mol. The molecule has 0 amide bonds. The average Bonchev–Trinajstić information content (AvgIpc) is 2.33. The van der Waals surface area contributed by atoms with Gasteiger partial charge in [-0.1, -0.05) is 27.5 Å². The third-order valence-corrected chi connectivity index (χ3v) is 3.21. The Morgan fingerprint density at radius 3 is 2.30 bits per heavy atom. The van der Waals surface area contributed by atoms with Gasteiger partial charge in [-0.2, -0.15) is 13.2 Å². The van der Waals surface area contributed by atoms with Crippen molar-refractivity contribution < 1.29 is 17.9 Å². The predicted molar refractivity (Wildman–Crippen MR) is 75.1 cm³/mol. The number of rotatable bonds is 2. The van der Waals surface area contributed by atoms with Crippen molar-refractivity contribution in [2.45, 2.75) is 6.18 Å². The van der Waals surface area contributed by atoms with Crippen LogP contribution < -0.4 is 10.5 Å². The van der Waals surface area contributed by atoms with Crippen molar-refractivity contribution in [2.24, 2.45) is 0 Å². The standard InChI is InChI=1S/C13H8BrClF3NO/c14-7-1-3-12(10(15)5-7)20-11-4-2-8(19)6-9(11)13(16,17)18/h1-6H,19H2. The summed E-state index contributed by atoms with van der Waals surface area (Å²) in [5, 5.41) is 0.198. The van der Waals surface area contributed by atoms with Gasteiger partial charge in [0.1, 0.15) is 17.1 Å². The van der Waals surface area contributed by atoms with E-state index in [4.69, 9.17) is 22.1 Å². The van der Waals surface area contributed by atoms with Gasteiger partial charge in [-0.3, -0.25) is 0 Å². The molecule has 0 aliphatic carbocycles. The fourth-order valence-electron chi connectivity index (χ4n) is 1.53. The van der Waals surface area contributed by atoms with Gasteiger partial charge in [-0.25, -0.2) is 0 Å². The molecule has 0 aliphatic heterocycles. The Kier molecular flexibility index (Phi) is 4.15. The molecule has 0 spiro atoms. The van der Waals surface area contributed by atoms with Crippen molar-refractivity contribution in [2.75, 3.05) is 5.73 Å². The Morgan fingerprint density at radius 1 is 1.05 bits per heavy atom. The second-order valence-corrected chi connectivity index (χ2v) is 5.25. The number of hydrogen-bond donors (Lipinski definition) is 1. The second-order valence-electron chi connectivity index (χ2n) is 3.93. The Balaban J connectivity index is 2.43. The van der Waals surface area contributed by atoms with E-state index in [1.807, 2.05) is 0 Å². The van der Waals surface area contributed by atoms with Gasteiger partial charge in [0.2, 0.25) is 0 Å². The van der Waals surface area contributed by atoms with Gasteiger partial charge in [0.05, 0.1) is 5.02 Å². The molecule has 20 heavy (non-hydrogen) atoms. The lowest BCUT2D eigenvalue weighted by Gasteiger charge is -2.15. The van der Waals surface area contributed by atoms with E-state index in [0.29, 0.717) is 4.47 Å². The first-order chi connectivity index (χ1) is 9.27. The van der Waals surface area contributed by atoms with E-state index >= 15 is 0 Å². The molecule has 0 radical (unpaired) electrons. The highest BCUT2D eigenvalue weighted by Crippen LogP contribution is 2.40. The van der Waals surface area contributed by atoms with Crippen LogP contribution >= 0.6 is 27.5 Å². The average molecular weight is 367 g/mol. The lowest BCUT2D eigenvalue weighted by molar-refractivity contribution is -0.138. The van der Waals surface area contributed by atoms with Gasteiger partial charge in [0.15, 0.2) is 0 Å². The molecule has 0 unspecified atom stereocenters. The van der Waals surface area contributed by atoms with E-state index in [2.05, 4.69) is 15.9 Å². The summed E-state index contributed by atoms with van der Waals surface area (Å²) in [4.78, 5) is 0. The normalized spacial score (nSPS) is 11.4. The maximum atomic E-state index is 12.9. The molecular formula is C13H8BrClF3NO. The third-order valence-electron chi connectivity index (χ3n) is 2.42. The van der Waals surface area contributed by atoms with Crippen molar-refractivity contribution in [3.05, 3.63) is 51.5 Å². The minimum atomic E-state index is -4.56. The number of halogens is 5. The molecule has 2 N–H and O–H groups in total. The van der Waals surface area contributed by atoms with Crippen molar-refractivity contribution in [3.63, 3.8) is 0 Å². The first kappa shape index (κ1) is 15.0. The summed E-state index contributed by atoms with van der Waals surface area (Å²) in [7, 11) is 0. The quantitative estimate of drug-likeness (QED) is 0.713. The number of alkyl halides is 3. The van der Waals surface area contributed by atoms with Crippen molar-refractivity contribution in [1.29, 1.82) is 0 Å². The van der Waals surface area contributed by atoms with E-state index in [1.165, 1.54) is 18.2 Å². The summed E-state index contributed by atoms with van der Waals surface area (Å²) in [5.41, 5.74) is 4.44. The molecule has 0 aliphatic rings. The van der Waals surface area contributed by atoms with Gasteiger partial charge in [-0.15, -0.1) is 0 Å². The Labute approximate surface area is 126 Å². The van der Waals surface area contributed by atoms with E-state index in [-0.39, 0.29) is 22.2 Å². The van der Waals surface area contributed by atoms with Crippen molar-refractivity contribution >= 4 is 33.2 Å². The Morgan fingerprint density at radius 2 is 1.70 bits per heavy atom. The Hall–Kier alpha value is -1.40. The van der Waals surface area contributed by atoms with Crippen LogP contribution in [0.1, 0.15) is 5.56 Å². The van der Waals surface area contributed by atoms with Crippen LogP contribution in [-0.4, -0.2) is 0 Å². The zero-order valence-electron chi connectivity index (χ0n) is 9.84. The van der Waals surface area contributed by atoms with Gasteiger partial charge >= 0.3 is 6.18 Å². The lowest BCUT2D eigenvalue weighted by atomic mass is 10.1. The second kappa shape index (κ2) is 5.54. The summed E-state index contributed by atoms with van der Waals surface area (Å²) in [6.07, 6.45) is -4.56. The predicted octanol–water partition coefficient (Wildman–Crippen LogP) is 5.50. The molecule has 7 heteroatoms. The summed E-state index contributed by atoms with van der Waals surface area (Å²) < 4.78 is 44.7. The molecule has 0 saturated carbocycles. The number of anilines is 1. The van der Waals surface area contributed by atoms with Crippen LogP contribution in [0.4, 0.5) is 18.9 Å². The number of nitrogens with two attached hydrogens (primary N) is 1. The minimum Gasteiger partial charge on any atom is -0.455 e. The van der Waals surface area contributed by atoms with Crippen LogP contribution in [0.2, 0.25) is 5.02 Å². The summed E-state index contributed by atoms with van der Waals surface area (Å²) in [6, 6.07) is 7.94. The monoisotopic (exact) mass is 365 g/mol. The zero-order valence-corrected chi connectivity index (χ0v) is 12.2. The molecule has 2 aromatic carbocycles. The van der Waals surface area contributed by atoms with E-state index < -0.39 is 11.7 Å². The first-order valence-electron chi connectivity index (χ1n) is 5.37. The van der Waals surface area contributed by atoms with Crippen LogP contribution in [0.3, 0.4) is 0 Å². The molecule has 2 aromatic rings. The number of hydrogen-bond acceptors (Lipinski definition) is 2. The van der Waals surface area contributed by atoms with Crippen LogP contribution in [-0.2, 0) is 6.18 Å². The molecule has 0 heterocycles. The van der Waals surface area contributed by atoms with Crippen molar-refractivity contribution in [3.8, 4) is 11.5 Å². The van der Waals surface area contributed by atoms with Crippen LogP contribution in [0, 0.1) is 0 Å². The van der Waals surface area contributed by atoms with Gasteiger partial charge in [0, 0.05) is 10.2 Å². The molecule has 106 valence electrons. The fourth-order valence-corrected chi connectivity index (χ4v) is 2.25. The highest BCUT2D eigenvalue weighted by Gasteiger charge is 2.34. The van der Waals surface area contributed by atoms with Gasteiger partial charge in [-0.05, 0) is 36.4 Å². The maximum Gasteiger partial charge on any atom is 0.420 e. The van der Waals surface area contributed by atoms with Crippen molar-refractivity contribution in [1.82, 2.24) is 0 Å². The van der Waals surface area contributed by atoms with Gasteiger partial charge < -0.3 is 10.5 Å². The molecule has 0 atom stereocenters. The topological polar surface area (TPSA) is 35.2 Å². The summed E-state index contributed by atoms with van der Waals surface area (Å²) >= 11 is 9.12. The minimum absolute atomic E-state index is 0.00609. The summed E-state index contributed by atoms with van der Waals surface area (Å²) in [6.45, 7) is 0. The molecule has 2 nitrogen and oxygen atoms in total. The maximum absolute atomic E-state index is 12.9. The van der Waals surface area contributed by atoms with Crippen LogP contribution in [0.15, 0.2) is 40.9 Å². The number of nitrogen functional groups attached to an aromatic ring is 1. The van der Waals surface area contributed by atoms with E-state index in [0.717, 1.165) is 12.1 Å². The highest BCUT2D eigenvalue weighted by molar-refractivity contribution is 9.10. The molecule has 2 rings (SSSR count). The molecule has 0 saturated heterocycles. The Bertz CT molecular complexity index is 646. The first-order valence-corrected chi connectivity index (χ1v) is 6.54.